The van der Waals surface area contributed by atoms with Crippen molar-refractivity contribution in [3.8, 4) is 5.75 Å². The summed E-state index contributed by atoms with van der Waals surface area (Å²) in [7, 11) is -13.2. The molecule has 8 rings (SSSR count). The van der Waals surface area contributed by atoms with E-state index in [0.29, 0.717) is 50.2 Å². The van der Waals surface area contributed by atoms with Crippen LogP contribution in [0.15, 0.2) is 93.4 Å². The number of carboxylic acids is 1. The molecule has 4 aromatic carbocycles. The highest BCUT2D eigenvalue weighted by molar-refractivity contribution is 7.95. The van der Waals surface area contributed by atoms with Crippen molar-refractivity contribution in [3.63, 3.8) is 0 Å². The summed E-state index contributed by atoms with van der Waals surface area (Å²) in [5.41, 5.74) is 5.90. The van der Waals surface area contributed by atoms with Gasteiger partial charge in [-0.3, -0.25) is 0 Å². The summed E-state index contributed by atoms with van der Waals surface area (Å²) < 4.78 is 87.3. The molecule has 62 heavy (non-hydrogen) atoms. The van der Waals surface area contributed by atoms with Crippen LogP contribution in [0.25, 0.3) is 44.1 Å². The molecule has 4 atom stereocenters. The summed E-state index contributed by atoms with van der Waals surface area (Å²) in [5, 5.41) is 9.12. The lowest BCUT2D eigenvalue weighted by atomic mass is 10.2. The molecule has 4 unspecified atom stereocenters. The quantitative estimate of drug-likeness (QED) is 0.0568. The molecule has 0 radical (unpaired) electrons. The van der Waals surface area contributed by atoms with Crippen LogP contribution >= 0.6 is 11.6 Å². The number of hydrogen-bond acceptors (Lipinski definition) is 10. The summed E-state index contributed by atoms with van der Waals surface area (Å²) in [6.07, 6.45) is 2.07. The predicted octanol–water partition coefficient (Wildman–Crippen LogP) is 6.28. The normalized spacial score (nSPS) is 15.1. The van der Waals surface area contributed by atoms with Crippen molar-refractivity contribution in [1.82, 2.24) is 39.9 Å². The number of nitrogens with zero attached hydrogens (tertiary/aromatic N) is 4. The van der Waals surface area contributed by atoms with Gasteiger partial charge in [-0.25, -0.2) is 41.6 Å². The van der Waals surface area contributed by atoms with Crippen molar-refractivity contribution in [2.24, 2.45) is 0 Å². The number of aromatic amines is 4. The van der Waals surface area contributed by atoms with Gasteiger partial charge in [0.15, 0.2) is 0 Å². The maximum atomic E-state index is 11.4. The lowest BCUT2D eigenvalue weighted by molar-refractivity contribution is 0.0697. The van der Waals surface area contributed by atoms with Crippen LogP contribution in [0.2, 0.25) is 5.02 Å². The van der Waals surface area contributed by atoms with Gasteiger partial charge < -0.3 is 48.0 Å². The number of hydrogen-bond donors (Lipinski definition) is 9. The van der Waals surface area contributed by atoms with Crippen LogP contribution in [-0.4, -0.2) is 116 Å². The summed E-state index contributed by atoms with van der Waals surface area (Å²) >= 11 is 5.74. The topological polar surface area (TPSA) is 310 Å². The Balaban J connectivity index is 0.000000157. The standard InChI is InChI=1S/C12H16N2O3S.C9H8N2O4S.C9H10N2O2S.C8H7ClN2O2S/c1-3-4-7-17-9-5-6-10-11(8-9)14-12(13-10)18(2,15)16;1-16(14,15)9-10-6-3-2-5(8(12)13)4-7(6)11-9;1-6-3-4-7-8(5-6)11-9(10-7)14(2,12)13;1-14(12,13)8-10-6-3-2-5(9)4-7(6)11-8/h5-6,8H,2-4,7H2,1H3,(H,13,14)(H,15,16);2-4H,1H2,(H,10,11)(H,12,13)(H,14,15);3-5H,2H2,1H3,(H,10,11)(H,12,13);2-4H,1H2,(H,10,11)(H,12,13). The Labute approximate surface area is 360 Å². The number of benzene rings is 4. The maximum Gasteiger partial charge on any atom is 0.335 e. The number of rotatable bonds is 9. The third-order valence-electron chi connectivity index (χ3n) is 8.15. The maximum absolute atomic E-state index is 11.4. The van der Waals surface area contributed by atoms with E-state index in [1.807, 2.05) is 19.1 Å². The second-order valence-electron chi connectivity index (χ2n) is 13.3. The van der Waals surface area contributed by atoms with Crippen LogP contribution in [0.3, 0.4) is 0 Å². The van der Waals surface area contributed by atoms with E-state index in [2.05, 4.69) is 70.3 Å². The second kappa shape index (κ2) is 18.7. The number of fused-ring (bicyclic) bond motifs is 4. The molecule has 0 aliphatic heterocycles. The smallest absolute Gasteiger partial charge is 0.335 e. The van der Waals surface area contributed by atoms with Crippen molar-refractivity contribution in [1.29, 1.82) is 0 Å². The van der Waals surface area contributed by atoms with Gasteiger partial charge in [0.05, 0.1) is 56.3 Å². The Morgan fingerprint density at radius 1 is 0.613 bits per heavy atom. The number of nitrogens with one attached hydrogen (secondary N) is 4. The second-order valence-corrected chi connectivity index (χ2v) is 20.4. The summed E-state index contributed by atoms with van der Waals surface area (Å²) in [4.78, 5) is 37.3. The number of ether oxygens (including phenoxy) is 1. The van der Waals surface area contributed by atoms with E-state index in [0.717, 1.165) is 29.7 Å². The Hall–Kier alpha value is -5.76. The van der Waals surface area contributed by atoms with Gasteiger partial charge in [-0.2, -0.15) is 0 Å². The van der Waals surface area contributed by atoms with Gasteiger partial charge in [-0.1, -0.05) is 31.0 Å². The summed E-state index contributed by atoms with van der Waals surface area (Å²) in [6, 6.07) is 20.0. The third-order valence-corrected chi connectivity index (χ3v) is 11.6. The van der Waals surface area contributed by atoms with Crippen molar-refractivity contribution in [2.75, 3.05) is 6.61 Å². The number of halogens is 1. The molecule has 0 aliphatic carbocycles. The van der Waals surface area contributed by atoms with Crippen LogP contribution in [0.1, 0.15) is 35.7 Å². The first-order valence-corrected chi connectivity index (χ1v) is 24.8. The van der Waals surface area contributed by atoms with Gasteiger partial charge in [0.1, 0.15) is 45.0 Å². The molecule has 8 aromatic rings. The van der Waals surface area contributed by atoms with Crippen LogP contribution in [0.4, 0.5) is 0 Å². The van der Waals surface area contributed by atoms with Gasteiger partial charge in [0, 0.05) is 11.1 Å². The number of imidazole rings is 4. The van der Waals surface area contributed by atoms with E-state index < -0.39 is 45.2 Å². The molecule has 0 spiro atoms. The number of carbonyl (C=O) groups is 1. The fraction of sp³-hybridized carbons (Fsp3) is 0.132. The Kier molecular flexibility index (Phi) is 14.3. The number of carboxylic acid groups (broad SMARTS) is 1. The first-order chi connectivity index (χ1) is 28.8. The first-order valence-electron chi connectivity index (χ1n) is 17.7. The number of aryl methyl sites for hydroxylation is 1. The average molecular weight is 950 g/mol. The first kappa shape index (κ1) is 47.3. The molecule has 0 amide bonds. The molecule has 4 aromatic heterocycles. The Bertz CT molecular complexity index is 3290. The third kappa shape index (κ3) is 12.4. The minimum Gasteiger partial charge on any atom is -0.494 e. The minimum atomic E-state index is -3.41. The number of H-pyrrole nitrogens is 4. The number of aromatic nitrogens is 8. The molecule has 19 nitrogen and oxygen atoms in total. The van der Waals surface area contributed by atoms with Crippen LogP contribution in [-0.2, 0) is 39.2 Å². The van der Waals surface area contributed by atoms with E-state index in [4.69, 9.17) is 26.0 Å². The van der Waals surface area contributed by atoms with E-state index in [1.54, 1.807) is 42.5 Å². The van der Waals surface area contributed by atoms with Gasteiger partial charge in [0.25, 0.3) is 0 Å². The van der Waals surface area contributed by atoms with Gasteiger partial charge in [-0.05, 0) is 103 Å². The molecule has 0 saturated carbocycles. The molecular formula is C38H41ClN8O11S4. The number of unbranched alkanes of at least 4 members (excludes halogenated alkanes) is 1. The largest absolute Gasteiger partial charge is 0.494 e. The highest BCUT2D eigenvalue weighted by Gasteiger charge is 2.14. The number of aromatic carboxylic acids is 1. The predicted molar refractivity (Wildman–Crippen MR) is 246 cm³/mol. The van der Waals surface area contributed by atoms with Gasteiger partial charge >= 0.3 is 5.97 Å². The van der Waals surface area contributed by atoms with E-state index >= 15 is 0 Å². The molecule has 0 aliphatic rings. The summed E-state index contributed by atoms with van der Waals surface area (Å²) in [6.45, 7) is 4.70. The lowest BCUT2D eigenvalue weighted by Crippen LogP contribution is -1.99. The van der Waals surface area contributed by atoms with Crippen molar-refractivity contribution >= 4 is 124 Å². The monoisotopic (exact) mass is 948 g/mol. The molecular weight excluding hydrogens is 908 g/mol. The lowest BCUT2D eigenvalue weighted by Gasteiger charge is -2.04. The zero-order chi connectivity index (χ0) is 45.8. The Morgan fingerprint density at radius 2 is 1.00 bits per heavy atom. The highest BCUT2D eigenvalue weighted by atomic mass is 35.5. The van der Waals surface area contributed by atoms with Crippen molar-refractivity contribution in [2.45, 2.75) is 47.3 Å². The van der Waals surface area contributed by atoms with Crippen LogP contribution in [0.5, 0.6) is 5.75 Å². The SMILES string of the molecule is C=S(=O)(O)c1nc2ccc(C(=O)O)cc2[nH]1.C=S(=O)(O)c1nc2ccc(C)cc2[nH]1.C=S(=O)(O)c1nc2ccc(Cl)cc2[nH]1.C=S(=O)(O)c1nc2ccc(OCCCC)cc2[nH]1. The van der Waals surface area contributed by atoms with E-state index in [-0.39, 0.29) is 26.2 Å². The molecule has 0 saturated heterocycles. The van der Waals surface area contributed by atoms with E-state index in [1.165, 1.54) is 18.2 Å². The van der Waals surface area contributed by atoms with Crippen LogP contribution < -0.4 is 4.74 Å². The zero-order valence-corrected chi connectivity index (χ0v) is 36.9. The molecule has 4 heterocycles. The molecule has 9 N–H and O–H groups in total. The Morgan fingerprint density at radius 3 is 1.44 bits per heavy atom. The van der Waals surface area contributed by atoms with Gasteiger partial charge in [-0.15, -0.1) is 0 Å². The molecule has 0 bridgehead atoms. The molecule has 24 heteroatoms. The molecule has 0 fully saturated rings. The van der Waals surface area contributed by atoms with Gasteiger partial charge in [0.2, 0.25) is 20.6 Å². The van der Waals surface area contributed by atoms with Crippen LogP contribution in [0, 0.1) is 6.92 Å². The fourth-order valence-electron chi connectivity index (χ4n) is 5.17. The summed E-state index contributed by atoms with van der Waals surface area (Å²) in [5.74, 6) is 12.2. The highest BCUT2D eigenvalue weighted by Crippen LogP contribution is 2.22. The minimum absolute atomic E-state index is 0.0109. The van der Waals surface area contributed by atoms with E-state index in [9.17, 15) is 35.3 Å². The zero-order valence-electron chi connectivity index (χ0n) is 32.9. The fourth-order valence-corrected chi connectivity index (χ4v) is 7.39. The average Bonchev–Trinajstić information content (AvgIpc) is 3.98. The van der Waals surface area contributed by atoms with Crippen molar-refractivity contribution in [3.05, 3.63) is 88.9 Å². The van der Waals surface area contributed by atoms with Crippen molar-refractivity contribution < 1.29 is 49.7 Å². The molecule has 330 valence electrons.